The van der Waals surface area contributed by atoms with E-state index >= 15 is 0 Å². The lowest BCUT2D eigenvalue weighted by Crippen LogP contribution is -2.32. The second-order valence-corrected chi connectivity index (χ2v) is 5.52. The monoisotopic (exact) mass is 312 g/mol. The summed E-state index contributed by atoms with van der Waals surface area (Å²) in [7, 11) is 0. The molecule has 0 aromatic heterocycles. The van der Waals surface area contributed by atoms with Gasteiger partial charge in [0.25, 0.3) is 0 Å². The Morgan fingerprint density at radius 3 is 2.56 bits per heavy atom. The summed E-state index contributed by atoms with van der Waals surface area (Å²) in [5, 5.41) is 3.42. The molecule has 3 nitrogen and oxygen atoms in total. The largest absolute Gasteiger partial charge is 0.492 e. The zero-order chi connectivity index (χ0) is 12.6. The Balaban J connectivity index is 1.49. The molecule has 0 amide bonds. The number of nitrogens with one attached hydrogen (secondary N) is 1. The molecule has 1 aliphatic heterocycles. The Kier molecular flexibility index (Phi) is 5.97. The van der Waals surface area contributed by atoms with Crippen LogP contribution in [0.1, 0.15) is 12.8 Å². The van der Waals surface area contributed by atoms with E-state index < -0.39 is 0 Å². The van der Waals surface area contributed by atoms with Crippen LogP contribution in [-0.4, -0.2) is 44.2 Å². The fourth-order valence-electron chi connectivity index (χ4n) is 2.14. The second-order valence-electron chi connectivity index (χ2n) is 4.60. The van der Waals surface area contributed by atoms with Gasteiger partial charge in [-0.05, 0) is 50.2 Å². The third kappa shape index (κ3) is 4.96. The molecule has 1 fully saturated rings. The fourth-order valence-corrected chi connectivity index (χ4v) is 2.40. The van der Waals surface area contributed by atoms with Gasteiger partial charge < -0.3 is 15.0 Å². The average molecular weight is 313 g/mol. The van der Waals surface area contributed by atoms with Gasteiger partial charge in [-0.15, -0.1) is 0 Å². The van der Waals surface area contributed by atoms with Crippen LogP contribution in [0, 0.1) is 0 Å². The van der Waals surface area contributed by atoms with Crippen molar-refractivity contribution in [2.45, 2.75) is 12.8 Å². The zero-order valence-electron chi connectivity index (χ0n) is 10.7. The molecule has 4 heteroatoms. The summed E-state index contributed by atoms with van der Waals surface area (Å²) in [4.78, 5) is 2.52. The lowest BCUT2D eigenvalue weighted by atomic mass is 10.3. The van der Waals surface area contributed by atoms with E-state index in [4.69, 9.17) is 4.74 Å². The minimum absolute atomic E-state index is 0.724. The van der Waals surface area contributed by atoms with Gasteiger partial charge in [0.15, 0.2) is 0 Å². The van der Waals surface area contributed by atoms with Crippen LogP contribution in [0.15, 0.2) is 28.7 Å². The van der Waals surface area contributed by atoms with Crippen LogP contribution >= 0.6 is 15.9 Å². The highest BCUT2D eigenvalue weighted by molar-refractivity contribution is 9.10. The van der Waals surface area contributed by atoms with Crippen molar-refractivity contribution in [3.63, 3.8) is 0 Å². The van der Waals surface area contributed by atoms with E-state index in [-0.39, 0.29) is 0 Å². The predicted octanol–water partition coefficient (Wildman–Crippen LogP) is 2.51. The van der Waals surface area contributed by atoms with E-state index in [0.29, 0.717) is 0 Å². The number of hydrogen-bond acceptors (Lipinski definition) is 3. The molecule has 0 atom stereocenters. The lowest BCUT2D eigenvalue weighted by Gasteiger charge is -2.14. The third-order valence-electron chi connectivity index (χ3n) is 3.16. The molecule has 0 aliphatic carbocycles. The second kappa shape index (κ2) is 7.77. The SMILES string of the molecule is Brc1ccc(OCCNCCN2CCCC2)cc1. The maximum atomic E-state index is 5.64. The van der Waals surface area contributed by atoms with E-state index in [1.165, 1.54) is 25.9 Å². The predicted molar refractivity (Wildman–Crippen MR) is 78.2 cm³/mol. The Labute approximate surface area is 118 Å². The quantitative estimate of drug-likeness (QED) is 0.783. The molecule has 1 aromatic carbocycles. The van der Waals surface area contributed by atoms with Gasteiger partial charge in [0.1, 0.15) is 12.4 Å². The van der Waals surface area contributed by atoms with Gasteiger partial charge in [0, 0.05) is 24.1 Å². The van der Waals surface area contributed by atoms with Gasteiger partial charge in [-0.2, -0.15) is 0 Å². The highest BCUT2D eigenvalue weighted by Crippen LogP contribution is 2.15. The molecule has 0 spiro atoms. The van der Waals surface area contributed by atoms with E-state index in [1.807, 2.05) is 24.3 Å². The van der Waals surface area contributed by atoms with Gasteiger partial charge in [-0.25, -0.2) is 0 Å². The number of likely N-dealkylation sites (tertiary alicyclic amines) is 1. The van der Waals surface area contributed by atoms with Gasteiger partial charge in [0.2, 0.25) is 0 Å². The molecule has 18 heavy (non-hydrogen) atoms. The number of rotatable bonds is 7. The summed E-state index contributed by atoms with van der Waals surface area (Å²) in [6.07, 6.45) is 2.74. The molecule has 1 N–H and O–H groups in total. The number of ether oxygens (including phenoxy) is 1. The van der Waals surface area contributed by atoms with Crippen LogP contribution in [0.25, 0.3) is 0 Å². The van der Waals surface area contributed by atoms with E-state index in [9.17, 15) is 0 Å². The van der Waals surface area contributed by atoms with Gasteiger partial charge >= 0.3 is 0 Å². The molecule has 1 aliphatic rings. The van der Waals surface area contributed by atoms with E-state index in [0.717, 1.165) is 36.5 Å². The van der Waals surface area contributed by atoms with Crippen LogP contribution in [-0.2, 0) is 0 Å². The zero-order valence-corrected chi connectivity index (χ0v) is 12.3. The first-order chi connectivity index (χ1) is 8.84. The standard InChI is InChI=1S/C14H21BrN2O/c15-13-3-5-14(6-4-13)18-12-8-16-7-11-17-9-1-2-10-17/h3-6,16H,1-2,7-12H2. The number of hydrogen-bond donors (Lipinski definition) is 1. The number of benzene rings is 1. The van der Waals surface area contributed by atoms with Crippen molar-refractivity contribution in [2.24, 2.45) is 0 Å². The van der Waals surface area contributed by atoms with Crippen LogP contribution in [0.3, 0.4) is 0 Å². The van der Waals surface area contributed by atoms with E-state index in [1.54, 1.807) is 0 Å². The minimum atomic E-state index is 0.724. The molecule has 100 valence electrons. The molecule has 0 bridgehead atoms. The summed E-state index contributed by atoms with van der Waals surface area (Å²) in [6.45, 7) is 6.40. The number of nitrogens with zero attached hydrogens (tertiary/aromatic N) is 1. The lowest BCUT2D eigenvalue weighted by molar-refractivity contribution is 0.299. The van der Waals surface area contributed by atoms with E-state index in [2.05, 4.69) is 26.1 Å². The summed E-state index contributed by atoms with van der Waals surface area (Å²) in [5.74, 6) is 0.930. The van der Waals surface area contributed by atoms with Crippen LogP contribution < -0.4 is 10.1 Å². The molecule has 0 radical (unpaired) electrons. The molecular formula is C14H21BrN2O. The topological polar surface area (TPSA) is 24.5 Å². The Morgan fingerprint density at radius 2 is 1.83 bits per heavy atom. The van der Waals surface area contributed by atoms with Crippen molar-refractivity contribution in [3.8, 4) is 5.75 Å². The summed E-state index contributed by atoms with van der Waals surface area (Å²) in [5.41, 5.74) is 0. The van der Waals surface area contributed by atoms with Crippen molar-refractivity contribution in [2.75, 3.05) is 39.3 Å². The van der Waals surface area contributed by atoms with Crippen LogP contribution in [0.4, 0.5) is 0 Å². The fraction of sp³-hybridized carbons (Fsp3) is 0.571. The Hall–Kier alpha value is -0.580. The molecule has 1 heterocycles. The van der Waals surface area contributed by atoms with Crippen molar-refractivity contribution in [1.29, 1.82) is 0 Å². The molecule has 2 rings (SSSR count). The van der Waals surface area contributed by atoms with Crippen LogP contribution in [0.5, 0.6) is 5.75 Å². The highest BCUT2D eigenvalue weighted by Gasteiger charge is 2.09. The summed E-state index contributed by atoms with van der Waals surface area (Å²) >= 11 is 3.41. The first-order valence-corrected chi connectivity index (χ1v) is 7.45. The van der Waals surface area contributed by atoms with Crippen molar-refractivity contribution in [3.05, 3.63) is 28.7 Å². The average Bonchev–Trinajstić information content (AvgIpc) is 2.89. The van der Waals surface area contributed by atoms with Crippen molar-refractivity contribution < 1.29 is 4.74 Å². The molecule has 1 saturated heterocycles. The smallest absolute Gasteiger partial charge is 0.119 e. The van der Waals surface area contributed by atoms with Crippen LogP contribution in [0.2, 0.25) is 0 Å². The number of halogens is 1. The third-order valence-corrected chi connectivity index (χ3v) is 3.69. The first kappa shape index (κ1) is 13.8. The Morgan fingerprint density at radius 1 is 1.11 bits per heavy atom. The maximum absolute atomic E-state index is 5.64. The first-order valence-electron chi connectivity index (χ1n) is 6.66. The molecular weight excluding hydrogens is 292 g/mol. The van der Waals surface area contributed by atoms with Gasteiger partial charge in [0.05, 0.1) is 0 Å². The Bertz CT molecular complexity index is 336. The molecule has 0 unspecified atom stereocenters. The summed E-state index contributed by atoms with van der Waals surface area (Å²) in [6, 6.07) is 7.95. The molecule has 0 saturated carbocycles. The highest BCUT2D eigenvalue weighted by atomic mass is 79.9. The van der Waals surface area contributed by atoms with Crippen molar-refractivity contribution in [1.82, 2.24) is 10.2 Å². The van der Waals surface area contributed by atoms with Gasteiger partial charge in [-0.3, -0.25) is 0 Å². The van der Waals surface area contributed by atoms with Crippen molar-refractivity contribution >= 4 is 15.9 Å². The molecule has 1 aromatic rings. The summed E-state index contributed by atoms with van der Waals surface area (Å²) < 4.78 is 6.72. The maximum Gasteiger partial charge on any atom is 0.119 e. The normalized spacial score (nSPS) is 16.1. The van der Waals surface area contributed by atoms with Gasteiger partial charge in [-0.1, -0.05) is 15.9 Å². The minimum Gasteiger partial charge on any atom is -0.492 e.